The summed E-state index contributed by atoms with van der Waals surface area (Å²) in [7, 11) is 0. The Kier molecular flexibility index (Phi) is 5.43. The van der Waals surface area contributed by atoms with Crippen LogP contribution in [0, 0.1) is 6.92 Å². The first kappa shape index (κ1) is 21.5. The minimum atomic E-state index is -0.691. The molecule has 0 spiro atoms. The highest BCUT2D eigenvalue weighted by molar-refractivity contribution is 6.35. The molecule has 0 saturated carbocycles. The standard InChI is InChI=1S/C25H16ClN3O5/c1-14-4-2-3-5-20(14)29-23(30)18-11-8-16(12-19(18)24(29)31)25(32)33-13-21-27-28-22(34-21)15-6-9-17(26)10-7-15/h2-12H,13H2,1H3. The van der Waals surface area contributed by atoms with E-state index in [2.05, 4.69) is 10.2 Å². The third-order valence-corrected chi connectivity index (χ3v) is 5.62. The van der Waals surface area contributed by atoms with Gasteiger partial charge >= 0.3 is 5.97 Å². The van der Waals surface area contributed by atoms with E-state index in [4.69, 9.17) is 20.8 Å². The quantitative estimate of drug-likeness (QED) is 0.301. The van der Waals surface area contributed by atoms with Crippen LogP contribution < -0.4 is 4.90 Å². The molecule has 0 radical (unpaired) electrons. The number of para-hydroxylation sites is 1. The Labute approximate surface area is 198 Å². The van der Waals surface area contributed by atoms with Gasteiger partial charge in [0, 0.05) is 10.6 Å². The lowest BCUT2D eigenvalue weighted by molar-refractivity contribution is 0.0438. The van der Waals surface area contributed by atoms with Crippen molar-refractivity contribution in [1.29, 1.82) is 0 Å². The van der Waals surface area contributed by atoms with Crippen LogP contribution in [0.2, 0.25) is 5.02 Å². The molecule has 2 heterocycles. The molecule has 0 saturated heterocycles. The van der Waals surface area contributed by atoms with E-state index in [9.17, 15) is 14.4 Å². The van der Waals surface area contributed by atoms with E-state index in [0.717, 1.165) is 10.5 Å². The fraction of sp³-hybridized carbons (Fsp3) is 0.0800. The Balaban J connectivity index is 1.31. The lowest BCUT2D eigenvalue weighted by atomic mass is 10.1. The van der Waals surface area contributed by atoms with Crippen molar-refractivity contribution in [3.05, 3.63) is 99.9 Å². The highest BCUT2D eigenvalue weighted by Crippen LogP contribution is 2.31. The zero-order valence-corrected chi connectivity index (χ0v) is 18.6. The molecule has 2 amide bonds. The first-order valence-electron chi connectivity index (χ1n) is 10.3. The van der Waals surface area contributed by atoms with Crippen molar-refractivity contribution in [2.75, 3.05) is 4.90 Å². The summed E-state index contributed by atoms with van der Waals surface area (Å²) in [6.07, 6.45) is 0. The second kappa shape index (κ2) is 8.57. The van der Waals surface area contributed by atoms with Crippen LogP contribution in [0.5, 0.6) is 0 Å². The van der Waals surface area contributed by atoms with Gasteiger partial charge in [0.15, 0.2) is 6.61 Å². The number of carbonyl (C=O) groups excluding carboxylic acids is 3. The molecule has 1 aromatic heterocycles. The summed E-state index contributed by atoms with van der Waals surface area (Å²) in [5.74, 6) is -1.25. The van der Waals surface area contributed by atoms with Gasteiger partial charge in [-0.3, -0.25) is 9.59 Å². The number of carbonyl (C=O) groups is 3. The van der Waals surface area contributed by atoms with Crippen LogP contribution in [-0.4, -0.2) is 28.0 Å². The molecule has 0 bridgehead atoms. The normalized spacial score (nSPS) is 12.7. The molecule has 0 unspecified atom stereocenters. The van der Waals surface area contributed by atoms with E-state index in [-0.39, 0.29) is 35.1 Å². The Bertz CT molecular complexity index is 1450. The maximum Gasteiger partial charge on any atom is 0.338 e. The number of anilines is 1. The molecule has 0 atom stereocenters. The number of nitrogens with zero attached hydrogens (tertiary/aromatic N) is 3. The van der Waals surface area contributed by atoms with Gasteiger partial charge in [-0.05, 0) is 61.0 Å². The Hall–Kier alpha value is -4.30. The molecule has 3 aromatic carbocycles. The van der Waals surface area contributed by atoms with Crippen LogP contribution in [0.4, 0.5) is 5.69 Å². The zero-order chi connectivity index (χ0) is 23.8. The van der Waals surface area contributed by atoms with E-state index in [1.807, 2.05) is 19.1 Å². The van der Waals surface area contributed by atoms with Crippen LogP contribution in [0.25, 0.3) is 11.5 Å². The van der Waals surface area contributed by atoms with Crippen LogP contribution in [0.3, 0.4) is 0 Å². The van der Waals surface area contributed by atoms with Gasteiger partial charge in [-0.2, -0.15) is 0 Å². The first-order valence-corrected chi connectivity index (χ1v) is 10.6. The summed E-state index contributed by atoms with van der Waals surface area (Å²) in [6.45, 7) is 1.57. The number of aromatic nitrogens is 2. The molecular weight excluding hydrogens is 458 g/mol. The van der Waals surface area contributed by atoms with Crippen molar-refractivity contribution in [1.82, 2.24) is 10.2 Å². The van der Waals surface area contributed by atoms with Gasteiger partial charge in [0.05, 0.1) is 22.4 Å². The van der Waals surface area contributed by atoms with Crippen molar-refractivity contribution < 1.29 is 23.5 Å². The number of hydrogen-bond donors (Lipinski definition) is 0. The number of amides is 2. The molecular formula is C25H16ClN3O5. The Morgan fingerprint density at radius 3 is 2.47 bits per heavy atom. The lowest BCUT2D eigenvalue weighted by Gasteiger charge is -2.16. The maximum atomic E-state index is 13.0. The second-order valence-electron chi connectivity index (χ2n) is 7.58. The Morgan fingerprint density at radius 2 is 1.71 bits per heavy atom. The molecule has 168 valence electrons. The average Bonchev–Trinajstić information content (AvgIpc) is 3.41. The summed E-state index contributed by atoms with van der Waals surface area (Å²) in [6, 6.07) is 18.2. The van der Waals surface area contributed by atoms with E-state index < -0.39 is 17.8 Å². The average molecular weight is 474 g/mol. The lowest BCUT2D eigenvalue weighted by Crippen LogP contribution is -2.29. The monoisotopic (exact) mass is 473 g/mol. The second-order valence-corrected chi connectivity index (χ2v) is 8.01. The van der Waals surface area contributed by atoms with E-state index in [1.54, 1.807) is 36.4 Å². The molecule has 1 aliphatic heterocycles. The van der Waals surface area contributed by atoms with Crippen molar-refractivity contribution in [2.24, 2.45) is 0 Å². The first-order chi connectivity index (χ1) is 16.4. The number of ether oxygens (including phenoxy) is 1. The topological polar surface area (TPSA) is 103 Å². The summed E-state index contributed by atoms with van der Waals surface area (Å²) in [5, 5.41) is 8.40. The molecule has 0 N–H and O–H groups in total. The number of halogens is 1. The number of aryl methyl sites for hydroxylation is 1. The summed E-state index contributed by atoms with van der Waals surface area (Å²) in [5.41, 5.74) is 2.47. The minimum absolute atomic E-state index is 0.108. The predicted molar refractivity (Wildman–Crippen MR) is 123 cm³/mol. The van der Waals surface area contributed by atoms with E-state index >= 15 is 0 Å². The smallest absolute Gasteiger partial charge is 0.338 e. The third kappa shape index (κ3) is 3.84. The summed E-state index contributed by atoms with van der Waals surface area (Å²) < 4.78 is 10.8. The third-order valence-electron chi connectivity index (χ3n) is 5.36. The molecule has 4 aromatic rings. The van der Waals surface area contributed by atoms with Gasteiger partial charge < -0.3 is 9.15 Å². The number of imide groups is 1. The largest absolute Gasteiger partial charge is 0.452 e. The highest BCUT2D eigenvalue weighted by Gasteiger charge is 2.37. The van der Waals surface area contributed by atoms with Crippen LogP contribution >= 0.6 is 11.6 Å². The van der Waals surface area contributed by atoms with Crippen LogP contribution in [0.15, 0.2) is 71.1 Å². The fourth-order valence-electron chi connectivity index (χ4n) is 3.63. The number of fused-ring (bicyclic) bond motifs is 1. The maximum absolute atomic E-state index is 13.0. The van der Waals surface area contributed by atoms with Crippen LogP contribution in [0.1, 0.15) is 42.5 Å². The van der Waals surface area contributed by atoms with Gasteiger partial charge in [-0.25, -0.2) is 9.69 Å². The molecule has 5 rings (SSSR count). The van der Waals surface area contributed by atoms with Gasteiger partial charge in [-0.15, -0.1) is 10.2 Å². The zero-order valence-electron chi connectivity index (χ0n) is 17.8. The van der Waals surface area contributed by atoms with E-state index in [0.29, 0.717) is 16.3 Å². The van der Waals surface area contributed by atoms with Crippen molar-refractivity contribution in [2.45, 2.75) is 13.5 Å². The number of hydrogen-bond acceptors (Lipinski definition) is 7. The molecule has 34 heavy (non-hydrogen) atoms. The number of rotatable bonds is 5. The van der Waals surface area contributed by atoms with Gasteiger partial charge in [0.1, 0.15) is 0 Å². The number of esters is 1. The van der Waals surface area contributed by atoms with Crippen LogP contribution in [-0.2, 0) is 11.3 Å². The minimum Gasteiger partial charge on any atom is -0.452 e. The SMILES string of the molecule is Cc1ccccc1N1C(=O)c2ccc(C(=O)OCc3nnc(-c4ccc(Cl)cc4)o3)cc2C1=O. The number of benzene rings is 3. The van der Waals surface area contributed by atoms with Crippen molar-refractivity contribution >= 4 is 35.1 Å². The van der Waals surface area contributed by atoms with E-state index in [1.165, 1.54) is 18.2 Å². The Morgan fingerprint density at radius 1 is 0.971 bits per heavy atom. The fourth-order valence-corrected chi connectivity index (χ4v) is 3.76. The van der Waals surface area contributed by atoms with Crippen molar-refractivity contribution in [3.63, 3.8) is 0 Å². The molecule has 1 aliphatic rings. The van der Waals surface area contributed by atoms with Gasteiger partial charge in [0.2, 0.25) is 5.89 Å². The van der Waals surface area contributed by atoms with Gasteiger partial charge in [0.25, 0.3) is 17.7 Å². The molecule has 0 aliphatic carbocycles. The molecule has 8 nitrogen and oxygen atoms in total. The predicted octanol–water partition coefficient (Wildman–Crippen LogP) is 4.86. The van der Waals surface area contributed by atoms with Crippen molar-refractivity contribution in [3.8, 4) is 11.5 Å². The highest BCUT2D eigenvalue weighted by atomic mass is 35.5. The summed E-state index contributed by atoms with van der Waals surface area (Å²) in [4.78, 5) is 39.5. The molecule has 9 heteroatoms. The molecule has 0 fully saturated rings. The summed E-state index contributed by atoms with van der Waals surface area (Å²) >= 11 is 5.88. The van der Waals surface area contributed by atoms with Gasteiger partial charge in [-0.1, -0.05) is 29.8 Å².